The molecule has 0 spiro atoms. The Balaban J connectivity index is 2.45. The van der Waals surface area contributed by atoms with E-state index in [1.165, 1.54) is 0 Å². The van der Waals surface area contributed by atoms with Gasteiger partial charge in [0.25, 0.3) is 0 Å². The fraction of sp³-hybridized carbons (Fsp3) is 0.500. The number of halogens is 1. The van der Waals surface area contributed by atoms with Crippen LogP contribution in [-0.2, 0) is 4.79 Å². The number of hydrogen-bond acceptors (Lipinski definition) is 2. The quantitative estimate of drug-likeness (QED) is 0.831. The predicted molar refractivity (Wildman–Crippen MR) is 77.2 cm³/mol. The van der Waals surface area contributed by atoms with Gasteiger partial charge in [0.1, 0.15) is 0 Å². The van der Waals surface area contributed by atoms with Crippen molar-refractivity contribution in [2.45, 2.75) is 39.7 Å². The third kappa shape index (κ3) is 4.96. The SMILES string of the molecule is CCCC(C)NC(=O)CNc1cc(Cl)ccc1C. The summed E-state index contributed by atoms with van der Waals surface area (Å²) in [5, 5.41) is 6.72. The molecule has 1 unspecified atom stereocenters. The average Bonchev–Trinajstić information content (AvgIpc) is 2.30. The van der Waals surface area contributed by atoms with Crippen molar-refractivity contribution in [1.29, 1.82) is 0 Å². The molecule has 1 amide bonds. The molecule has 0 aliphatic rings. The van der Waals surface area contributed by atoms with E-state index in [1.54, 1.807) is 0 Å². The maximum Gasteiger partial charge on any atom is 0.239 e. The van der Waals surface area contributed by atoms with Gasteiger partial charge in [0, 0.05) is 16.8 Å². The molecular weight excluding hydrogens is 248 g/mol. The minimum absolute atomic E-state index is 0.00956. The molecule has 0 aliphatic carbocycles. The summed E-state index contributed by atoms with van der Waals surface area (Å²) in [5.74, 6) is 0.00956. The van der Waals surface area contributed by atoms with Crippen molar-refractivity contribution in [2.75, 3.05) is 11.9 Å². The monoisotopic (exact) mass is 268 g/mol. The van der Waals surface area contributed by atoms with Crippen molar-refractivity contribution in [2.24, 2.45) is 0 Å². The van der Waals surface area contributed by atoms with Crippen molar-refractivity contribution in [3.05, 3.63) is 28.8 Å². The van der Waals surface area contributed by atoms with E-state index in [2.05, 4.69) is 17.6 Å². The molecular formula is C14H21ClN2O. The lowest BCUT2D eigenvalue weighted by atomic mass is 10.2. The Morgan fingerprint density at radius 3 is 2.83 bits per heavy atom. The van der Waals surface area contributed by atoms with E-state index in [1.807, 2.05) is 32.0 Å². The fourth-order valence-corrected chi connectivity index (χ4v) is 1.96. The summed E-state index contributed by atoms with van der Waals surface area (Å²) in [6.07, 6.45) is 2.07. The van der Waals surface area contributed by atoms with E-state index in [0.29, 0.717) is 5.02 Å². The van der Waals surface area contributed by atoms with Gasteiger partial charge < -0.3 is 10.6 Å². The van der Waals surface area contributed by atoms with Crippen LogP contribution in [0.25, 0.3) is 0 Å². The van der Waals surface area contributed by atoms with Crippen LogP contribution in [0.3, 0.4) is 0 Å². The zero-order valence-corrected chi connectivity index (χ0v) is 12.0. The molecule has 0 aromatic heterocycles. The Kier molecular flexibility index (Phi) is 5.99. The third-order valence-corrected chi connectivity index (χ3v) is 3.00. The Morgan fingerprint density at radius 2 is 2.17 bits per heavy atom. The lowest BCUT2D eigenvalue weighted by molar-refractivity contribution is -0.120. The lowest BCUT2D eigenvalue weighted by Gasteiger charge is -2.14. The summed E-state index contributed by atoms with van der Waals surface area (Å²) >= 11 is 5.92. The van der Waals surface area contributed by atoms with E-state index in [9.17, 15) is 4.79 Å². The average molecular weight is 269 g/mol. The first-order valence-electron chi connectivity index (χ1n) is 6.32. The second kappa shape index (κ2) is 7.27. The van der Waals surface area contributed by atoms with Gasteiger partial charge in [-0.25, -0.2) is 0 Å². The molecule has 0 radical (unpaired) electrons. The summed E-state index contributed by atoms with van der Waals surface area (Å²) in [6, 6.07) is 5.83. The highest BCUT2D eigenvalue weighted by atomic mass is 35.5. The first-order chi connectivity index (χ1) is 8.52. The molecule has 0 aliphatic heterocycles. The maximum absolute atomic E-state index is 11.7. The van der Waals surface area contributed by atoms with Crippen LogP contribution in [-0.4, -0.2) is 18.5 Å². The molecule has 0 heterocycles. The first-order valence-corrected chi connectivity index (χ1v) is 6.70. The van der Waals surface area contributed by atoms with Gasteiger partial charge in [-0.3, -0.25) is 4.79 Å². The molecule has 1 aromatic rings. The predicted octanol–water partition coefficient (Wildman–Crippen LogP) is 3.37. The van der Waals surface area contributed by atoms with Gasteiger partial charge >= 0.3 is 0 Å². The molecule has 3 nitrogen and oxygen atoms in total. The fourth-order valence-electron chi connectivity index (χ4n) is 1.79. The number of hydrogen-bond donors (Lipinski definition) is 2. The molecule has 0 bridgehead atoms. The normalized spacial score (nSPS) is 12.0. The van der Waals surface area contributed by atoms with Crippen molar-refractivity contribution in [3.8, 4) is 0 Å². The van der Waals surface area contributed by atoms with E-state index >= 15 is 0 Å². The zero-order valence-electron chi connectivity index (χ0n) is 11.2. The van der Waals surface area contributed by atoms with E-state index < -0.39 is 0 Å². The van der Waals surface area contributed by atoms with Crippen LogP contribution >= 0.6 is 11.6 Å². The number of nitrogens with one attached hydrogen (secondary N) is 2. The van der Waals surface area contributed by atoms with Crippen molar-refractivity contribution >= 4 is 23.2 Å². The molecule has 1 atom stereocenters. The Hall–Kier alpha value is -1.22. The summed E-state index contributed by atoms with van der Waals surface area (Å²) in [6.45, 7) is 6.38. The minimum Gasteiger partial charge on any atom is -0.376 e. The largest absolute Gasteiger partial charge is 0.376 e. The van der Waals surface area contributed by atoms with Gasteiger partial charge in [0.05, 0.1) is 6.54 Å². The Labute approximate surface area is 114 Å². The molecule has 100 valence electrons. The number of carbonyl (C=O) groups is 1. The second-order valence-electron chi connectivity index (χ2n) is 4.57. The topological polar surface area (TPSA) is 41.1 Å². The van der Waals surface area contributed by atoms with Gasteiger partial charge in [-0.2, -0.15) is 0 Å². The van der Waals surface area contributed by atoms with Gasteiger partial charge in [-0.15, -0.1) is 0 Å². The highest BCUT2D eigenvalue weighted by Crippen LogP contribution is 2.19. The van der Waals surface area contributed by atoms with Crippen molar-refractivity contribution in [1.82, 2.24) is 5.32 Å². The Bertz CT molecular complexity index is 407. The summed E-state index contributed by atoms with van der Waals surface area (Å²) in [5.41, 5.74) is 1.98. The van der Waals surface area contributed by atoms with Crippen LogP contribution in [0, 0.1) is 6.92 Å². The van der Waals surface area contributed by atoms with Crippen LogP contribution < -0.4 is 10.6 Å². The number of benzene rings is 1. The van der Waals surface area contributed by atoms with E-state index in [4.69, 9.17) is 11.6 Å². The Morgan fingerprint density at radius 1 is 1.44 bits per heavy atom. The van der Waals surface area contributed by atoms with Crippen molar-refractivity contribution < 1.29 is 4.79 Å². The third-order valence-electron chi connectivity index (χ3n) is 2.77. The molecule has 2 N–H and O–H groups in total. The van der Waals surface area contributed by atoms with Crippen LogP contribution in [0.4, 0.5) is 5.69 Å². The van der Waals surface area contributed by atoms with Crippen LogP contribution in [0.1, 0.15) is 32.3 Å². The smallest absolute Gasteiger partial charge is 0.239 e. The molecule has 1 rings (SSSR count). The van der Waals surface area contributed by atoms with Gasteiger partial charge in [0.15, 0.2) is 0 Å². The van der Waals surface area contributed by atoms with Gasteiger partial charge in [-0.05, 0) is 38.0 Å². The minimum atomic E-state index is 0.00956. The number of anilines is 1. The van der Waals surface area contributed by atoms with Crippen LogP contribution in [0.15, 0.2) is 18.2 Å². The van der Waals surface area contributed by atoms with Gasteiger partial charge in [0.2, 0.25) is 5.91 Å². The number of amides is 1. The number of carbonyl (C=O) groups excluding carboxylic acids is 1. The van der Waals surface area contributed by atoms with Crippen LogP contribution in [0.5, 0.6) is 0 Å². The zero-order chi connectivity index (χ0) is 13.5. The van der Waals surface area contributed by atoms with Crippen molar-refractivity contribution in [3.63, 3.8) is 0 Å². The lowest BCUT2D eigenvalue weighted by Crippen LogP contribution is -2.36. The van der Waals surface area contributed by atoms with E-state index in [-0.39, 0.29) is 18.5 Å². The van der Waals surface area contributed by atoms with Crippen LogP contribution in [0.2, 0.25) is 5.02 Å². The molecule has 18 heavy (non-hydrogen) atoms. The molecule has 0 saturated carbocycles. The first kappa shape index (κ1) is 14.8. The molecule has 0 fully saturated rings. The maximum atomic E-state index is 11.7. The summed E-state index contributed by atoms with van der Waals surface area (Å²) in [4.78, 5) is 11.7. The van der Waals surface area contributed by atoms with E-state index in [0.717, 1.165) is 24.1 Å². The van der Waals surface area contributed by atoms with Gasteiger partial charge in [-0.1, -0.05) is 31.0 Å². The number of aryl methyl sites for hydroxylation is 1. The standard InChI is InChI=1S/C14H21ClN2O/c1-4-5-11(3)17-14(18)9-16-13-8-12(15)7-6-10(13)2/h6-8,11,16H,4-5,9H2,1-3H3,(H,17,18). The summed E-state index contributed by atoms with van der Waals surface area (Å²) < 4.78 is 0. The molecule has 1 aromatic carbocycles. The molecule has 0 saturated heterocycles. The summed E-state index contributed by atoms with van der Waals surface area (Å²) in [7, 11) is 0. The second-order valence-corrected chi connectivity index (χ2v) is 5.01. The molecule has 4 heteroatoms. The highest BCUT2D eigenvalue weighted by molar-refractivity contribution is 6.30. The number of rotatable bonds is 6. The highest BCUT2D eigenvalue weighted by Gasteiger charge is 2.07.